The Kier molecular flexibility index (Phi) is 5.45. The van der Waals surface area contributed by atoms with Crippen LogP contribution in [-0.4, -0.2) is 43.1 Å². The molecular weight excluding hydrogens is 200 g/mol. The second-order valence-electron chi connectivity index (χ2n) is 5.46. The zero-order valence-electron chi connectivity index (χ0n) is 11.0. The molecule has 1 N–H and O–H groups in total. The van der Waals surface area contributed by atoms with Crippen molar-refractivity contribution in [1.29, 1.82) is 0 Å². The molecule has 0 spiro atoms. The molecule has 0 heterocycles. The van der Waals surface area contributed by atoms with Gasteiger partial charge in [-0.25, -0.2) is 0 Å². The fraction of sp³-hybridized carbons (Fsp3) is 0.615. The molecule has 0 radical (unpaired) electrons. The van der Waals surface area contributed by atoms with E-state index >= 15 is 0 Å². The van der Waals surface area contributed by atoms with Crippen molar-refractivity contribution in [2.45, 2.75) is 25.8 Å². The molecule has 3 heteroatoms. The summed E-state index contributed by atoms with van der Waals surface area (Å²) in [4.78, 5) is 11.2. The first-order valence-corrected chi connectivity index (χ1v) is 5.60. The van der Waals surface area contributed by atoms with Crippen molar-refractivity contribution in [3.8, 4) is 0 Å². The topological polar surface area (TPSA) is 29.1 Å². The van der Waals surface area contributed by atoms with Crippen LogP contribution in [0, 0.1) is 0 Å². The molecule has 0 aromatic rings. The molecule has 0 fully saturated rings. The van der Waals surface area contributed by atoms with Gasteiger partial charge < -0.3 is 9.80 Å². The van der Waals surface area contributed by atoms with Crippen molar-refractivity contribution < 1.29 is 9.28 Å². The molecule has 0 unspecified atom stereocenters. The van der Waals surface area contributed by atoms with Gasteiger partial charge in [-0.2, -0.15) is 0 Å². The van der Waals surface area contributed by atoms with Gasteiger partial charge in [0.1, 0.15) is 0 Å². The molecule has 92 valence electrons. The third kappa shape index (κ3) is 6.40. The summed E-state index contributed by atoms with van der Waals surface area (Å²) in [6.45, 7) is 13.2. The average Bonchev–Trinajstić information content (AvgIpc) is 2.14. The Morgan fingerprint density at radius 2 is 1.94 bits per heavy atom. The number of carbonyl (C=O) groups excluding carboxylic acids is 1. The van der Waals surface area contributed by atoms with Crippen LogP contribution in [0.2, 0.25) is 0 Å². The van der Waals surface area contributed by atoms with Gasteiger partial charge >= 0.3 is 0 Å². The smallest absolute Gasteiger partial charge is 0.243 e. The largest absolute Gasteiger partial charge is 0.347 e. The van der Waals surface area contributed by atoms with Crippen LogP contribution in [0.15, 0.2) is 25.3 Å². The maximum atomic E-state index is 11.2. The summed E-state index contributed by atoms with van der Waals surface area (Å²) >= 11 is 0. The van der Waals surface area contributed by atoms with Gasteiger partial charge in [0.25, 0.3) is 0 Å². The van der Waals surface area contributed by atoms with Crippen molar-refractivity contribution in [1.82, 2.24) is 5.32 Å². The fourth-order valence-corrected chi connectivity index (χ4v) is 1.47. The van der Waals surface area contributed by atoms with E-state index in [-0.39, 0.29) is 11.4 Å². The Bertz CT molecular complexity index is 267. The third-order valence-electron chi connectivity index (χ3n) is 2.61. The van der Waals surface area contributed by atoms with Crippen LogP contribution in [0.25, 0.3) is 0 Å². The minimum Gasteiger partial charge on any atom is -0.347 e. The van der Waals surface area contributed by atoms with E-state index in [1.54, 1.807) is 0 Å². The summed E-state index contributed by atoms with van der Waals surface area (Å²) in [5, 5.41) is 2.93. The number of hydrogen-bond donors (Lipinski definition) is 1. The molecule has 1 amide bonds. The van der Waals surface area contributed by atoms with E-state index < -0.39 is 0 Å². The predicted octanol–water partition coefficient (Wildman–Crippen LogP) is 1.72. The summed E-state index contributed by atoms with van der Waals surface area (Å²) in [5.41, 5.74) is -0.192. The van der Waals surface area contributed by atoms with Gasteiger partial charge in [0.05, 0.1) is 27.2 Å². The van der Waals surface area contributed by atoms with Crippen molar-refractivity contribution in [3.05, 3.63) is 25.3 Å². The second kappa shape index (κ2) is 5.85. The number of nitrogens with zero attached hydrogens (tertiary/aromatic N) is 1. The molecule has 0 aliphatic heterocycles. The van der Waals surface area contributed by atoms with E-state index in [0.717, 1.165) is 24.0 Å². The van der Waals surface area contributed by atoms with E-state index in [0.29, 0.717) is 0 Å². The summed E-state index contributed by atoms with van der Waals surface area (Å²) in [5.74, 6) is -0.112. The fourth-order valence-electron chi connectivity index (χ4n) is 1.47. The third-order valence-corrected chi connectivity index (χ3v) is 2.61. The number of hydrogen-bond acceptors (Lipinski definition) is 1. The van der Waals surface area contributed by atoms with E-state index in [4.69, 9.17) is 0 Å². The molecular formula is C13H25N2O+. The van der Waals surface area contributed by atoms with Crippen LogP contribution in [0.4, 0.5) is 0 Å². The van der Waals surface area contributed by atoms with Crippen molar-refractivity contribution >= 4 is 5.91 Å². The standard InChI is InChI=1S/C13H24N2O/c1-7-10-15(5,6)11-9-13(3,4)14-12(16)8-2/h7-8H,1-2,9-11H2,3-6H3/p+1. The van der Waals surface area contributed by atoms with Crippen LogP contribution in [-0.2, 0) is 4.79 Å². The number of nitrogens with one attached hydrogen (secondary N) is 1. The van der Waals surface area contributed by atoms with Crippen LogP contribution in [0.1, 0.15) is 20.3 Å². The Balaban J connectivity index is 4.21. The highest BCUT2D eigenvalue weighted by atomic mass is 16.1. The van der Waals surface area contributed by atoms with Gasteiger partial charge in [0, 0.05) is 12.0 Å². The lowest BCUT2D eigenvalue weighted by Crippen LogP contribution is -2.48. The number of carbonyl (C=O) groups is 1. The number of quaternary nitrogens is 1. The van der Waals surface area contributed by atoms with Gasteiger partial charge in [-0.3, -0.25) is 4.79 Å². The molecule has 0 aliphatic rings. The van der Waals surface area contributed by atoms with Crippen molar-refractivity contribution in [2.75, 3.05) is 27.2 Å². The lowest BCUT2D eigenvalue weighted by molar-refractivity contribution is -0.885. The quantitative estimate of drug-likeness (QED) is 0.399. The molecule has 0 atom stereocenters. The SMILES string of the molecule is C=CC[N+](C)(C)CCC(C)(C)NC(=O)C=C. The molecule has 0 saturated carbocycles. The molecule has 16 heavy (non-hydrogen) atoms. The molecule has 0 aromatic heterocycles. The predicted molar refractivity (Wildman–Crippen MR) is 69.1 cm³/mol. The van der Waals surface area contributed by atoms with Crippen LogP contribution >= 0.6 is 0 Å². The Morgan fingerprint density at radius 3 is 2.38 bits per heavy atom. The molecule has 0 bridgehead atoms. The maximum absolute atomic E-state index is 11.2. The number of likely N-dealkylation sites (N-methyl/N-ethyl adjacent to an activating group) is 1. The maximum Gasteiger partial charge on any atom is 0.243 e. The average molecular weight is 225 g/mol. The zero-order chi connectivity index (χ0) is 12.8. The molecule has 0 rings (SSSR count). The number of amides is 1. The Hall–Kier alpha value is -1.09. The second-order valence-corrected chi connectivity index (χ2v) is 5.46. The van der Waals surface area contributed by atoms with Crippen LogP contribution in [0.5, 0.6) is 0 Å². The van der Waals surface area contributed by atoms with Crippen molar-refractivity contribution in [3.63, 3.8) is 0 Å². The Morgan fingerprint density at radius 1 is 1.38 bits per heavy atom. The summed E-state index contributed by atoms with van der Waals surface area (Å²) in [7, 11) is 4.32. The van der Waals surface area contributed by atoms with Gasteiger partial charge in [0.15, 0.2) is 0 Å². The van der Waals surface area contributed by atoms with Crippen molar-refractivity contribution in [2.24, 2.45) is 0 Å². The molecule has 0 saturated heterocycles. The van der Waals surface area contributed by atoms with Gasteiger partial charge in [-0.1, -0.05) is 13.2 Å². The van der Waals surface area contributed by atoms with E-state index in [9.17, 15) is 4.79 Å². The van der Waals surface area contributed by atoms with Crippen LogP contribution < -0.4 is 5.32 Å². The van der Waals surface area contributed by atoms with Gasteiger partial charge in [-0.15, -0.1) is 0 Å². The lowest BCUT2D eigenvalue weighted by atomic mass is 10.00. The first-order valence-electron chi connectivity index (χ1n) is 5.60. The minimum absolute atomic E-state index is 0.112. The molecule has 0 aliphatic carbocycles. The molecule has 3 nitrogen and oxygen atoms in total. The highest BCUT2D eigenvalue weighted by molar-refractivity contribution is 5.87. The molecule has 0 aromatic carbocycles. The lowest BCUT2D eigenvalue weighted by Gasteiger charge is -2.33. The summed E-state index contributed by atoms with van der Waals surface area (Å²) in [6.07, 6.45) is 4.16. The first-order chi connectivity index (χ1) is 7.22. The summed E-state index contributed by atoms with van der Waals surface area (Å²) in [6, 6.07) is 0. The first kappa shape index (κ1) is 14.9. The van der Waals surface area contributed by atoms with Gasteiger partial charge in [-0.05, 0) is 26.0 Å². The Labute approximate surface area is 99.4 Å². The van der Waals surface area contributed by atoms with E-state index in [1.165, 1.54) is 6.08 Å². The van der Waals surface area contributed by atoms with Crippen LogP contribution in [0.3, 0.4) is 0 Å². The highest BCUT2D eigenvalue weighted by Gasteiger charge is 2.23. The zero-order valence-corrected chi connectivity index (χ0v) is 11.0. The monoisotopic (exact) mass is 225 g/mol. The summed E-state index contributed by atoms with van der Waals surface area (Å²) < 4.78 is 0.886. The van der Waals surface area contributed by atoms with E-state index in [1.807, 2.05) is 19.9 Å². The van der Waals surface area contributed by atoms with Gasteiger partial charge in [0.2, 0.25) is 5.91 Å². The number of rotatable bonds is 7. The minimum atomic E-state index is -0.192. The van der Waals surface area contributed by atoms with E-state index in [2.05, 4.69) is 32.6 Å². The highest BCUT2D eigenvalue weighted by Crippen LogP contribution is 2.11. The normalized spacial score (nSPS) is 12.0.